The summed E-state index contributed by atoms with van der Waals surface area (Å²) in [6.45, 7) is 1.28. The zero-order valence-electron chi connectivity index (χ0n) is 12.1. The summed E-state index contributed by atoms with van der Waals surface area (Å²) >= 11 is 0. The molecule has 0 aromatic heterocycles. The number of hydrogen-bond acceptors (Lipinski definition) is 5. The highest BCUT2D eigenvalue weighted by atomic mass is 19.4. The highest BCUT2D eigenvalue weighted by Gasteiger charge is 2.67. The summed E-state index contributed by atoms with van der Waals surface area (Å²) in [4.78, 5) is 14.8. The monoisotopic (exact) mass is 329 g/mol. The lowest BCUT2D eigenvalue weighted by atomic mass is 10.1. The Morgan fingerprint density at radius 1 is 1.39 bits per heavy atom. The van der Waals surface area contributed by atoms with Gasteiger partial charge in [0.15, 0.2) is 0 Å². The lowest BCUT2D eigenvalue weighted by Crippen LogP contribution is -2.54. The van der Waals surface area contributed by atoms with Gasteiger partial charge in [-0.05, 0) is 18.6 Å². The van der Waals surface area contributed by atoms with Crippen LogP contribution in [0.2, 0.25) is 0 Å². The molecule has 0 bridgehead atoms. The quantitative estimate of drug-likeness (QED) is 0.861. The molecular weight excluding hydrogens is 315 g/mol. The van der Waals surface area contributed by atoms with Crippen molar-refractivity contribution in [1.82, 2.24) is 0 Å². The summed E-state index contributed by atoms with van der Waals surface area (Å²) in [7, 11) is 0. The first-order chi connectivity index (χ1) is 10.8. The predicted octanol–water partition coefficient (Wildman–Crippen LogP) is 2.31. The van der Waals surface area contributed by atoms with E-state index in [2.05, 4.69) is 9.73 Å². The zero-order chi connectivity index (χ0) is 17.1. The van der Waals surface area contributed by atoms with Gasteiger partial charge in [0.1, 0.15) is 0 Å². The Kier molecular flexibility index (Phi) is 4.74. The fraction of sp³-hybridized carbons (Fsp3) is 0.333. The molecule has 0 amide bonds. The number of rotatable bonds is 4. The van der Waals surface area contributed by atoms with Gasteiger partial charge in [0.2, 0.25) is 5.90 Å². The molecule has 1 aliphatic rings. The van der Waals surface area contributed by atoms with Gasteiger partial charge in [-0.25, -0.2) is 9.79 Å². The SMILES string of the molecule is CCOC(=O)C1OC(/C=C/c2ccccc2)=NC1(O)C(F)(F)F. The number of aliphatic imine (C=N–C) groups is 1. The molecule has 0 fully saturated rings. The van der Waals surface area contributed by atoms with Gasteiger partial charge >= 0.3 is 17.9 Å². The van der Waals surface area contributed by atoms with Crippen molar-refractivity contribution in [2.45, 2.75) is 24.9 Å². The van der Waals surface area contributed by atoms with Crippen molar-refractivity contribution < 1.29 is 32.5 Å². The molecule has 0 saturated heterocycles. The molecule has 2 atom stereocenters. The molecule has 1 aromatic rings. The van der Waals surface area contributed by atoms with Crippen LogP contribution in [-0.2, 0) is 14.3 Å². The van der Waals surface area contributed by atoms with Crippen LogP contribution in [0.4, 0.5) is 13.2 Å². The van der Waals surface area contributed by atoms with E-state index in [0.29, 0.717) is 5.56 Å². The van der Waals surface area contributed by atoms with E-state index in [4.69, 9.17) is 4.74 Å². The van der Waals surface area contributed by atoms with Crippen LogP contribution < -0.4 is 0 Å². The van der Waals surface area contributed by atoms with Crippen molar-refractivity contribution in [2.75, 3.05) is 6.61 Å². The summed E-state index contributed by atoms with van der Waals surface area (Å²) in [5.74, 6) is -1.84. The first-order valence-electron chi connectivity index (χ1n) is 6.73. The number of carbonyl (C=O) groups excluding carboxylic acids is 1. The van der Waals surface area contributed by atoms with E-state index >= 15 is 0 Å². The van der Waals surface area contributed by atoms with Crippen LogP contribution in [0.5, 0.6) is 0 Å². The van der Waals surface area contributed by atoms with Gasteiger partial charge in [0.25, 0.3) is 6.10 Å². The Hall–Kier alpha value is -2.35. The molecule has 124 valence electrons. The molecule has 1 N–H and O–H groups in total. The van der Waals surface area contributed by atoms with E-state index in [1.807, 2.05) is 0 Å². The Balaban J connectivity index is 2.27. The second-order valence-corrected chi connectivity index (χ2v) is 4.67. The van der Waals surface area contributed by atoms with Crippen LogP contribution in [0.15, 0.2) is 41.4 Å². The molecule has 0 saturated carbocycles. The number of benzene rings is 1. The molecule has 1 aromatic carbocycles. The maximum atomic E-state index is 13.1. The normalized spacial score (nSPS) is 24.4. The average molecular weight is 329 g/mol. The molecule has 1 heterocycles. The third-order valence-corrected chi connectivity index (χ3v) is 3.02. The first kappa shape index (κ1) is 17.0. The van der Waals surface area contributed by atoms with Crippen LogP contribution in [0.1, 0.15) is 12.5 Å². The summed E-state index contributed by atoms with van der Waals surface area (Å²) in [6.07, 6.45) is -4.89. The van der Waals surface area contributed by atoms with Gasteiger partial charge in [0.05, 0.1) is 6.61 Å². The van der Waals surface area contributed by atoms with Crippen LogP contribution in [-0.4, -0.2) is 41.6 Å². The Bertz CT molecular complexity index is 627. The Morgan fingerprint density at radius 3 is 2.61 bits per heavy atom. The van der Waals surface area contributed by atoms with Crippen molar-refractivity contribution in [3.63, 3.8) is 0 Å². The van der Waals surface area contributed by atoms with Crippen molar-refractivity contribution in [1.29, 1.82) is 0 Å². The molecular formula is C15H14F3NO4. The number of carbonyl (C=O) groups is 1. The lowest BCUT2D eigenvalue weighted by molar-refractivity contribution is -0.276. The number of esters is 1. The summed E-state index contributed by atoms with van der Waals surface area (Å²) < 4.78 is 48.6. The van der Waals surface area contributed by atoms with Gasteiger partial charge in [-0.2, -0.15) is 13.2 Å². The molecule has 1 aliphatic heterocycles. The van der Waals surface area contributed by atoms with E-state index in [9.17, 15) is 23.1 Å². The molecule has 0 radical (unpaired) electrons. The van der Waals surface area contributed by atoms with E-state index in [-0.39, 0.29) is 6.61 Å². The van der Waals surface area contributed by atoms with Gasteiger partial charge in [-0.15, -0.1) is 0 Å². The topological polar surface area (TPSA) is 68.1 Å². The Morgan fingerprint density at radius 2 is 2.04 bits per heavy atom. The molecule has 23 heavy (non-hydrogen) atoms. The number of ether oxygens (including phenoxy) is 2. The minimum atomic E-state index is -5.19. The smallest absolute Gasteiger partial charge is 0.443 e. The number of halogens is 3. The Labute approximate surface area is 130 Å². The van der Waals surface area contributed by atoms with Gasteiger partial charge in [-0.3, -0.25) is 0 Å². The minimum absolute atomic E-state index is 0.151. The van der Waals surface area contributed by atoms with Crippen LogP contribution in [0, 0.1) is 0 Å². The van der Waals surface area contributed by atoms with Crippen molar-refractivity contribution >= 4 is 17.9 Å². The maximum absolute atomic E-state index is 13.1. The molecule has 0 aliphatic carbocycles. The summed E-state index contributed by atoms with van der Waals surface area (Å²) in [6, 6.07) is 8.69. The summed E-state index contributed by atoms with van der Waals surface area (Å²) in [5, 5.41) is 9.78. The number of alkyl halides is 3. The molecule has 0 spiro atoms. The van der Waals surface area contributed by atoms with Gasteiger partial charge in [-0.1, -0.05) is 30.3 Å². The highest BCUT2D eigenvalue weighted by molar-refractivity contribution is 5.96. The predicted molar refractivity (Wildman–Crippen MR) is 75.4 cm³/mol. The average Bonchev–Trinajstić information content (AvgIpc) is 2.85. The van der Waals surface area contributed by atoms with E-state index in [1.165, 1.54) is 13.0 Å². The highest BCUT2D eigenvalue weighted by Crippen LogP contribution is 2.40. The fourth-order valence-corrected chi connectivity index (χ4v) is 1.91. The lowest BCUT2D eigenvalue weighted by Gasteiger charge is -2.26. The number of nitrogens with zero attached hydrogens (tertiary/aromatic N) is 1. The molecule has 8 heteroatoms. The maximum Gasteiger partial charge on any atom is 0.443 e. The molecule has 5 nitrogen and oxygen atoms in total. The molecule has 2 unspecified atom stereocenters. The summed E-state index contributed by atoms with van der Waals surface area (Å²) in [5.41, 5.74) is -2.98. The fourth-order valence-electron chi connectivity index (χ4n) is 1.91. The number of hydrogen-bond donors (Lipinski definition) is 1. The van der Waals surface area contributed by atoms with E-state index in [0.717, 1.165) is 6.08 Å². The van der Waals surface area contributed by atoms with Crippen LogP contribution >= 0.6 is 0 Å². The largest absolute Gasteiger partial charge is 0.463 e. The van der Waals surface area contributed by atoms with Gasteiger partial charge < -0.3 is 14.6 Å². The van der Waals surface area contributed by atoms with Crippen LogP contribution in [0.3, 0.4) is 0 Å². The standard InChI is InChI=1S/C15H14F3NO4/c1-2-22-13(20)12-14(21,15(16,17)18)19-11(23-12)9-8-10-6-4-3-5-7-10/h3-9,12,21H,2H2,1H3/b9-8+. The van der Waals surface area contributed by atoms with E-state index in [1.54, 1.807) is 30.3 Å². The number of aliphatic hydroxyl groups is 1. The second kappa shape index (κ2) is 6.41. The van der Waals surface area contributed by atoms with Crippen molar-refractivity contribution in [2.24, 2.45) is 4.99 Å². The van der Waals surface area contributed by atoms with Crippen molar-refractivity contribution in [3.8, 4) is 0 Å². The first-order valence-corrected chi connectivity index (χ1v) is 6.73. The van der Waals surface area contributed by atoms with Gasteiger partial charge in [0, 0.05) is 6.08 Å². The third-order valence-electron chi connectivity index (χ3n) is 3.02. The van der Waals surface area contributed by atoms with Crippen molar-refractivity contribution in [3.05, 3.63) is 42.0 Å². The van der Waals surface area contributed by atoms with E-state index < -0.39 is 29.9 Å². The zero-order valence-corrected chi connectivity index (χ0v) is 12.1. The minimum Gasteiger partial charge on any atom is -0.463 e. The second-order valence-electron chi connectivity index (χ2n) is 4.67. The third kappa shape index (κ3) is 3.53. The molecule has 2 rings (SSSR count). The van der Waals surface area contributed by atoms with Crippen LogP contribution in [0.25, 0.3) is 6.08 Å².